The molecule has 1 heterocycles. The van der Waals surface area contributed by atoms with Gasteiger partial charge in [-0.3, -0.25) is 0 Å². The van der Waals surface area contributed by atoms with Crippen LogP contribution in [0.25, 0.3) is 11.1 Å². The molecular weight excluding hydrogens is 196 g/mol. The Hall–Kier alpha value is -1.10. The maximum absolute atomic E-state index is 13.0. The fourth-order valence-corrected chi connectivity index (χ4v) is 1.38. The number of fused-ring (bicyclic) bond motifs is 1. The van der Waals surface area contributed by atoms with Crippen LogP contribution >= 0.6 is 11.8 Å². The predicted molar refractivity (Wildman–Crippen MR) is 45.7 cm³/mol. The Morgan fingerprint density at radius 1 is 1.38 bits per heavy atom. The monoisotopic (exact) mass is 201 g/mol. The van der Waals surface area contributed by atoms with E-state index in [2.05, 4.69) is 4.98 Å². The Balaban J connectivity index is 2.75. The van der Waals surface area contributed by atoms with Crippen molar-refractivity contribution in [1.29, 1.82) is 0 Å². The molecule has 0 aliphatic heterocycles. The van der Waals surface area contributed by atoms with Gasteiger partial charge in [0.05, 0.1) is 0 Å². The molecular formula is C8H5F2NOS. The van der Waals surface area contributed by atoms with E-state index in [0.717, 1.165) is 12.1 Å². The molecule has 0 N–H and O–H groups in total. The maximum atomic E-state index is 13.0. The second-order valence-corrected chi connectivity index (χ2v) is 3.18. The molecule has 2 aromatic rings. The first-order valence-electron chi connectivity index (χ1n) is 3.50. The van der Waals surface area contributed by atoms with Gasteiger partial charge in [0.25, 0.3) is 5.22 Å². The summed E-state index contributed by atoms with van der Waals surface area (Å²) >= 11 is 1.24. The third-order valence-electron chi connectivity index (χ3n) is 1.57. The molecule has 13 heavy (non-hydrogen) atoms. The molecule has 0 aliphatic rings. The number of thioether (sulfide) groups is 1. The number of nitrogens with zero attached hydrogens (tertiary/aromatic N) is 1. The third kappa shape index (κ3) is 1.39. The van der Waals surface area contributed by atoms with Gasteiger partial charge in [0.2, 0.25) is 0 Å². The van der Waals surface area contributed by atoms with Crippen molar-refractivity contribution in [2.75, 3.05) is 6.26 Å². The van der Waals surface area contributed by atoms with Crippen LogP contribution in [-0.2, 0) is 0 Å². The lowest BCUT2D eigenvalue weighted by molar-refractivity contribution is 0.488. The Labute approximate surface area is 76.9 Å². The second-order valence-electron chi connectivity index (χ2n) is 2.42. The number of benzene rings is 1. The predicted octanol–water partition coefficient (Wildman–Crippen LogP) is 2.83. The van der Waals surface area contributed by atoms with Crippen LogP contribution in [0.1, 0.15) is 0 Å². The highest BCUT2D eigenvalue weighted by atomic mass is 32.2. The lowest BCUT2D eigenvalue weighted by atomic mass is 10.3. The van der Waals surface area contributed by atoms with Crippen molar-refractivity contribution >= 4 is 22.9 Å². The van der Waals surface area contributed by atoms with E-state index >= 15 is 0 Å². The van der Waals surface area contributed by atoms with Crippen LogP contribution in [-0.4, -0.2) is 11.2 Å². The van der Waals surface area contributed by atoms with E-state index in [0.29, 0.717) is 5.22 Å². The van der Waals surface area contributed by atoms with Gasteiger partial charge in [-0.1, -0.05) is 11.8 Å². The summed E-state index contributed by atoms with van der Waals surface area (Å²) in [4.78, 5) is 3.83. The van der Waals surface area contributed by atoms with Gasteiger partial charge in [0.1, 0.15) is 11.3 Å². The van der Waals surface area contributed by atoms with Crippen molar-refractivity contribution in [2.45, 2.75) is 5.22 Å². The van der Waals surface area contributed by atoms with Crippen molar-refractivity contribution in [1.82, 2.24) is 4.98 Å². The first kappa shape index (κ1) is 8.50. The number of oxazole rings is 1. The Morgan fingerprint density at radius 3 is 2.85 bits per heavy atom. The number of aromatic nitrogens is 1. The Bertz CT molecular complexity index is 455. The van der Waals surface area contributed by atoms with Crippen molar-refractivity contribution in [2.24, 2.45) is 0 Å². The summed E-state index contributed by atoms with van der Waals surface area (Å²) in [5, 5.41) is 0.333. The first-order valence-corrected chi connectivity index (χ1v) is 4.73. The first-order chi connectivity index (χ1) is 6.20. The molecule has 68 valence electrons. The van der Waals surface area contributed by atoms with E-state index in [-0.39, 0.29) is 11.1 Å². The van der Waals surface area contributed by atoms with Gasteiger partial charge in [-0.25, -0.2) is 13.8 Å². The molecule has 0 unspecified atom stereocenters. The van der Waals surface area contributed by atoms with Crippen molar-refractivity contribution in [3.05, 3.63) is 23.8 Å². The summed E-state index contributed by atoms with van der Waals surface area (Å²) in [6.07, 6.45) is 1.75. The highest BCUT2D eigenvalue weighted by Crippen LogP contribution is 2.24. The van der Waals surface area contributed by atoms with Crippen LogP contribution < -0.4 is 0 Å². The number of halogens is 2. The summed E-state index contributed by atoms with van der Waals surface area (Å²) in [5.74, 6) is -1.35. The van der Waals surface area contributed by atoms with Crippen LogP contribution in [0.4, 0.5) is 8.78 Å². The quantitative estimate of drug-likeness (QED) is 0.663. The molecule has 0 spiro atoms. The fraction of sp³-hybridized carbons (Fsp3) is 0.125. The molecule has 0 saturated heterocycles. The average molecular weight is 201 g/mol. The summed E-state index contributed by atoms with van der Waals surface area (Å²) in [7, 11) is 0. The molecule has 0 radical (unpaired) electrons. The molecule has 0 amide bonds. The van der Waals surface area contributed by atoms with Gasteiger partial charge < -0.3 is 4.42 Å². The molecule has 0 bridgehead atoms. The van der Waals surface area contributed by atoms with E-state index in [9.17, 15) is 8.78 Å². The van der Waals surface area contributed by atoms with Crippen LogP contribution in [0.2, 0.25) is 0 Å². The molecule has 0 atom stereocenters. The summed E-state index contributed by atoms with van der Waals surface area (Å²) < 4.78 is 30.8. The van der Waals surface area contributed by atoms with E-state index in [1.807, 2.05) is 0 Å². The summed E-state index contributed by atoms with van der Waals surface area (Å²) in [5.41, 5.74) is 0.215. The minimum absolute atomic E-state index is 0.0748. The molecule has 5 heteroatoms. The fourth-order valence-electron chi connectivity index (χ4n) is 1.02. The maximum Gasteiger partial charge on any atom is 0.256 e. The van der Waals surface area contributed by atoms with Gasteiger partial charge in [0.15, 0.2) is 11.4 Å². The van der Waals surface area contributed by atoms with Crippen LogP contribution in [0.5, 0.6) is 0 Å². The van der Waals surface area contributed by atoms with Gasteiger partial charge in [-0.2, -0.15) is 0 Å². The van der Waals surface area contributed by atoms with Crippen LogP contribution in [0.3, 0.4) is 0 Å². The Morgan fingerprint density at radius 2 is 2.15 bits per heavy atom. The van der Waals surface area contributed by atoms with Crippen molar-refractivity contribution < 1.29 is 13.2 Å². The van der Waals surface area contributed by atoms with Gasteiger partial charge in [0, 0.05) is 12.1 Å². The molecule has 0 fully saturated rings. The van der Waals surface area contributed by atoms with E-state index < -0.39 is 11.6 Å². The normalized spacial score (nSPS) is 11.0. The number of rotatable bonds is 1. The zero-order valence-corrected chi connectivity index (χ0v) is 7.49. The highest BCUT2D eigenvalue weighted by molar-refractivity contribution is 7.98. The average Bonchev–Trinajstić information content (AvgIpc) is 2.47. The smallest absolute Gasteiger partial charge is 0.256 e. The molecule has 2 rings (SSSR count). The van der Waals surface area contributed by atoms with Gasteiger partial charge >= 0.3 is 0 Å². The second kappa shape index (κ2) is 2.99. The number of hydrogen-bond donors (Lipinski definition) is 0. The highest BCUT2D eigenvalue weighted by Gasteiger charge is 2.10. The van der Waals surface area contributed by atoms with Crippen LogP contribution in [0.15, 0.2) is 21.8 Å². The topological polar surface area (TPSA) is 26.0 Å². The number of hydrogen-bond acceptors (Lipinski definition) is 3. The van der Waals surface area contributed by atoms with Crippen LogP contribution in [0, 0.1) is 11.6 Å². The minimum Gasteiger partial charge on any atom is -0.431 e. The third-order valence-corrected chi connectivity index (χ3v) is 2.09. The Kier molecular flexibility index (Phi) is 1.95. The van der Waals surface area contributed by atoms with E-state index in [1.165, 1.54) is 11.8 Å². The minimum atomic E-state index is -0.695. The van der Waals surface area contributed by atoms with Crippen molar-refractivity contribution in [3.63, 3.8) is 0 Å². The molecule has 1 aromatic carbocycles. The van der Waals surface area contributed by atoms with E-state index in [1.54, 1.807) is 6.26 Å². The lowest BCUT2D eigenvalue weighted by Crippen LogP contribution is -1.80. The standard InChI is InChI=1S/C8H5F2NOS/c1-13-8-11-7-5(10)2-4(9)3-6(7)12-8/h2-3H,1H3. The molecule has 0 aliphatic carbocycles. The van der Waals surface area contributed by atoms with Gasteiger partial charge in [-0.15, -0.1) is 0 Å². The molecule has 1 aromatic heterocycles. The zero-order valence-electron chi connectivity index (χ0n) is 6.67. The zero-order chi connectivity index (χ0) is 9.42. The summed E-state index contributed by atoms with van der Waals surface area (Å²) in [6, 6.07) is 1.90. The summed E-state index contributed by atoms with van der Waals surface area (Å²) in [6.45, 7) is 0. The van der Waals surface area contributed by atoms with Crippen molar-refractivity contribution in [3.8, 4) is 0 Å². The molecule has 0 saturated carbocycles. The van der Waals surface area contributed by atoms with Gasteiger partial charge in [-0.05, 0) is 6.26 Å². The lowest BCUT2D eigenvalue weighted by Gasteiger charge is -1.88. The molecule has 2 nitrogen and oxygen atoms in total. The largest absolute Gasteiger partial charge is 0.431 e. The van der Waals surface area contributed by atoms with E-state index in [4.69, 9.17) is 4.42 Å². The SMILES string of the molecule is CSc1nc2c(F)cc(F)cc2o1.